The highest BCUT2D eigenvalue weighted by Crippen LogP contribution is 2.18. The summed E-state index contributed by atoms with van der Waals surface area (Å²) in [6.07, 6.45) is -3.86. The third kappa shape index (κ3) is 2.89. The molecule has 94 valence electrons. The van der Waals surface area contributed by atoms with Gasteiger partial charge in [0.15, 0.2) is 0 Å². The molecule has 1 rings (SSSR count). The maximum atomic E-state index is 10.4. The molecule has 4 atom stereocenters. The van der Waals surface area contributed by atoms with E-state index >= 15 is 0 Å². The van der Waals surface area contributed by atoms with E-state index in [1.165, 1.54) is 4.90 Å². The van der Waals surface area contributed by atoms with Gasteiger partial charge in [0.25, 0.3) is 0 Å². The molecule has 1 aliphatic heterocycles. The number of nitrogens with zero attached hydrogens (tertiary/aromatic N) is 1. The van der Waals surface area contributed by atoms with Gasteiger partial charge in [-0.2, -0.15) is 0 Å². The van der Waals surface area contributed by atoms with E-state index in [2.05, 4.69) is 0 Å². The zero-order valence-corrected chi connectivity index (χ0v) is 8.73. The molecule has 2 unspecified atom stereocenters. The SMILES string of the molecule is O=C(O)CCN1CC(O)[C@@H](O)[C@H](O)C1CO. The zero-order chi connectivity index (χ0) is 12.3. The van der Waals surface area contributed by atoms with Crippen LogP contribution < -0.4 is 0 Å². The second-order valence-electron chi connectivity index (χ2n) is 3.94. The van der Waals surface area contributed by atoms with Gasteiger partial charge < -0.3 is 25.5 Å². The smallest absolute Gasteiger partial charge is 0.304 e. The van der Waals surface area contributed by atoms with Crippen LogP contribution in [0.25, 0.3) is 0 Å². The van der Waals surface area contributed by atoms with E-state index in [1.54, 1.807) is 0 Å². The fourth-order valence-corrected chi connectivity index (χ4v) is 1.87. The molecule has 7 nitrogen and oxygen atoms in total. The molecular weight excluding hydrogens is 218 g/mol. The number of hydrogen-bond donors (Lipinski definition) is 5. The number of carboxylic acids is 1. The summed E-state index contributed by atoms with van der Waals surface area (Å²) < 4.78 is 0. The Balaban J connectivity index is 2.63. The van der Waals surface area contributed by atoms with Gasteiger partial charge in [-0.15, -0.1) is 0 Å². The van der Waals surface area contributed by atoms with Crippen molar-refractivity contribution in [1.82, 2.24) is 4.90 Å². The van der Waals surface area contributed by atoms with Gasteiger partial charge in [-0.1, -0.05) is 0 Å². The van der Waals surface area contributed by atoms with Crippen LogP contribution in [-0.4, -0.2) is 80.5 Å². The lowest BCUT2D eigenvalue weighted by Crippen LogP contribution is -2.62. The minimum absolute atomic E-state index is 0.0384. The summed E-state index contributed by atoms with van der Waals surface area (Å²) in [5, 5.41) is 46.0. The number of rotatable bonds is 4. The maximum absolute atomic E-state index is 10.4. The number of carbonyl (C=O) groups is 1. The van der Waals surface area contributed by atoms with Gasteiger partial charge >= 0.3 is 5.97 Å². The molecule has 0 aromatic carbocycles. The van der Waals surface area contributed by atoms with Crippen LogP contribution in [0, 0.1) is 0 Å². The molecule has 5 N–H and O–H groups in total. The second kappa shape index (κ2) is 5.55. The van der Waals surface area contributed by atoms with Crippen LogP contribution in [0.5, 0.6) is 0 Å². The molecule has 0 radical (unpaired) electrons. The van der Waals surface area contributed by atoms with Gasteiger partial charge in [0.2, 0.25) is 0 Å². The maximum Gasteiger partial charge on any atom is 0.304 e. The second-order valence-corrected chi connectivity index (χ2v) is 3.94. The normalized spacial score (nSPS) is 36.2. The van der Waals surface area contributed by atoms with Crippen molar-refractivity contribution >= 4 is 5.97 Å². The van der Waals surface area contributed by atoms with Gasteiger partial charge in [-0.25, -0.2) is 0 Å². The van der Waals surface area contributed by atoms with Crippen molar-refractivity contribution in [3.05, 3.63) is 0 Å². The van der Waals surface area contributed by atoms with Crippen molar-refractivity contribution in [2.45, 2.75) is 30.8 Å². The van der Waals surface area contributed by atoms with Crippen LogP contribution in [0.15, 0.2) is 0 Å². The Kier molecular flexibility index (Phi) is 4.63. The van der Waals surface area contributed by atoms with Crippen molar-refractivity contribution < 1.29 is 30.3 Å². The highest BCUT2D eigenvalue weighted by atomic mass is 16.4. The standard InChI is InChI=1S/C9H17NO6/c11-4-5-8(15)9(16)6(12)3-10(5)2-1-7(13)14/h5-6,8-9,11-12,15-16H,1-4H2,(H,13,14)/t5?,6?,8-,9-/m1/s1. The van der Waals surface area contributed by atoms with E-state index in [9.17, 15) is 20.1 Å². The molecule has 0 amide bonds. The van der Waals surface area contributed by atoms with Crippen molar-refractivity contribution in [2.75, 3.05) is 19.7 Å². The molecule has 7 heteroatoms. The number of piperidine rings is 1. The van der Waals surface area contributed by atoms with Crippen molar-refractivity contribution in [2.24, 2.45) is 0 Å². The highest BCUT2D eigenvalue weighted by molar-refractivity contribution is 5.66. The first-order valence-electron chi connectivity index (χ1n) is 5.08. The number of hydrogen-bond acceptors (Lipinski definition) is 6. The summed E-state index contributed by atoms with van der Waals surface area (Å²) in [7, 11) is 0. The monoisotopic (exact) mass is 235 g/mol. The van der Waals surface area contributed by atoms with Crippen molar-refractivity contribution in [3.8, 4) is 0 Å². The van der Waals surface area contributed by atoms with Crippen LogP contribution in [0.3, 0.4) is 0 Å². The lowest BCUT2D eigenvalue weighted by molar-refractivity contribution is -0.150. The van der Waals surface area contributed by atoms with Gasteiger partial charge in [0, 0.05) is 13.1 Å². The van der Waals surface area contributed by atoms with Gasteiger partial charge in [0.05, 0.1) is 25.2 Å². The van der Waals surface area contributed by atoms with E-state index in [1.807, 2.05) is 0 Å². The molecule has 0 saturated carbocycles. The summed E-state index contributed by atoms with van der Waals surface area (Å²) in [6, 6.07) is -0.738. The van der Waals surface area contributed by atoms with E-state index in [0.29, 0.717) is 0 Å². The van der Waals surface area contributed by atoms with Crippen LogP contribution >= 0.6 is 0 Å². The molecule has 1 saturated heterocycles. The molecule has 0 aromatic heterocycles. The molecule has 0 bridgehead atoms. The first kappa shape index (κ1) is 13.3. The molecule has 0 spiro atoms. The minimum atomic E-state index is -1.31. The predicted octanol–water partition coefficient (Wildman–Crippen LogP) is -2.78. The molecular formula is C9H17NO6. The zero-order valence-electron chi connectivity index (χ0n) is 8.73. The number of aliphatic carboxylic acids is 1. The number of aliphatic hydroxyl groups excluding tert-OH is 4. The van der Waals surface area contributed by atoms with E-state index < -0.39 is 36.9 Å². The van der Waals surface area contributed by atoms with Crippen LogP contribution in [-0.2, 0) is 4.79 Å². The molecule has 16 heavy (non-hydrogen) atoms. The Morgan fingerprint density at radius 1 is 1.25 bits per heavy atom. The largest absolute Gasteiger partial charge is 0.481 e. The lowest BCUT2D eigenvalue weighted by atomic mass is 9.94. The summed E-state index contributed by atoms with van der Waals surface area (Å²) in [4.78, 5) is 11.9. The van der Waals surface area contributed by atoms with Crippen LogP contribution in [0.4, 0.5) is 0 Å². The van der Waals surface area contributed by atoms with E-state index in [-0.39, 0.29) is 19.5 Å². The first-order valence-corrected chi connectivity index (χ1v) is 5.08. The topological polar surface area (TPSA) is 121 Å². The van der Waals surface area contributed by atoms with Gasteiger partial charge in [0.1, 0.15) is 12.2 Å². The lowest BCUT2D eigenvalue weighted by Gasteiger charge is -2.42. The summed E-state index contributed by atoms with van der Waals surface area (Å²) in [5.41, 5.74) is 0. The third-order valence-corrected chi connectivity index (χ3v) is 2.83. The number of carboxylic acid groups (broad SMARTS) is 1. The van der Waals surface area contributed by atoms with Crippen molar-refractivity contribution in [1.29, 1.82) is 0 Å². The Bertz CT molecular complexity index is 248. The summed E-state index contributed by atoms with van der Waals surface area (Å²) in [5.74, 6) is -0.994. The number of β-amino-alcohol motifs (C(OH)–C–C–N with tert-alkyl or cyclic N) is 1. The number of aliphatic hydroxyl groups is 4. The van der Waals surface area contributed by atoms with E-state index in [4.69, 9.17) is 10.2 Å². The van der Waals surface area contributed by atoms with E-state index in [0.717, 1.165) is 0 Å². The molecule has 1 aliphatic rings. The first-order chi connectivity index (χ1) is 7.47. The average molecular weight is 235 g/mol. The minimum Gasteiger partial charge on any atom is -0.481 e. The Morgan fingerprint density at radius 3 is 2.38 bits per heavy atom. The Morgan fingerprint density at radius 2 is 1.88 bits per heavy atom. The highest BCUT2D eigenvalue weighted by Gasteiger charge is 2.40. The quantitative estimate of drug-likeness (QED) is 0.357. The summed E-state index contributed by atoms with van der Waals surface area (Å²) >= 11 is 0. The Labute approximate surface area is 92.5 Å². The van der Waals surface area contributed by atoms with Crippen molar-refractivity contribution in [3.63, 3.8) is 0 Å². The molecule has 1 fully saturated rings. The fraction of sp³-hybridized carbons (Fsp3) is 0.889. The average Bonchev–Trinajstić information content (AvgIpc) is 2.23. The summed E-state index contributed by atoms with van der Waals surface area (Å²) in [6.45, 7) is -0.247. The predicted molar refractivity (Wildman–Crippen MR) is 52.7 cm³/mol. The van der Waals surface area contributed by atoms with Gasteiger partial charge in [-0.3, -0.25) is 9.69 Å². The van der Waals surface area contributed by atoms with Crippen LogP contribution in [0.1, 0.15) is 6.42 Å². The molecule has 0 aromatic rings. The third-order valence-electron chi connectivity index (χ3n) is 2.83. The molecule has 0 aliphatic carbocycles. The van der Waals surface area contributed by atoms with Gasteiger partial charge in [-0.05, 0) is 0 Å². The Hall–Kier alpha value is -0.730. The van der Waals surface area contributed by atoms with Crippen LogP contribution in [0.2, 0.25) is 0 Å². The number of likely N-dealkylation sites (tertiary alicyclic amines) is 1. The fourth-order valence-electron chi connectivity index (χ4n) is 1.87. The molecule has 1 heterocycles.